The molecule has 10 heteroatoms. The molecule has 1 aromatic rings. The van der Waals surface area contributed by atoms with Gasteiger partial charge in [-0.3, -0.25) is 19.3 Å². The normalized spacial score (nSPS) is 19.2. The average molecular weight is 337 g/mol. The van der Waals surface area contributed by atoms with Gasteiger partial charge in [0.15, 0.2) is 16.7 Å². The third-order valence-electron chi connectivity index (χ3n) is 2.98. The van der Waals surface area contributed by atoms with E-state index in [-0.39, 0.29) is 30.4 Å². The highest BCUT2D eigenvalue weighted by Gasteiger charge is 2.39. The van der Waals surface area contributed by atoms with Crippen molar-refractivity contribution in [1.29, 1.82) is 0 Å². The topological polar surface area (TPSA) is 131 Å². The van der Waals surface area contributed by atoms with Gasteiger partial charge in [-0.05, 0) is 0 Å². The lowest BCUT2D eigenvalue weighted by Crippen LogP contribution is -2.33. The van der Waals surface area contributed by atoms with Crippen LogP contribution >= 0.6 is 11.8 Å². The Morgan fingerprint density at radius 3 is 3.00 bits per heavy atom. The largest absolute Gasteiger partial charge is 0.469 e. The summed E-state index contributed by atoms with van der Waals surface area (Å²) in [6.07, 6.45) is 2.74. The minimum absolute atomic E-state index is 0.0421. The van der Waals surface area contributed by atoms with Crippen LogP contribution in [0.25, 0.3) is 0 Å². The van der Waals surface area contributed by atoms with Crippen molar-refractivity contribution in [1.82, 2.24) is 14.9 Å². The average Bonchev–Trinajstić information content (AvgIpc) is 3.08. The molecule has 1 saturated heterocycles. The zero-order valence-electron chi connectivity index (χ0n) is 12.3. The van der Waals surface area contributed by atoms with Crippen LogP contribution in [0.3, 0.4) is 0 Å². The van der Waals surface area contributed by atoms with Crippen LogP contribution in [0, 0.1) is 0 Å². The van der Waals surface area contributed by atoms with E-state index in [1.165, 1.54) is 24.4 Å². The van der Waals surface area contributed by atoms with E-state index in [0.29, 0.717) is 5.17 Å². The number of hydrogen-bond acceptors (Lipinski definition) is 7. The second kappa shape index (κ2) is 7.09. The molecule has 2 amide bonds. The van der Waals surface area contributed by atoms with Crippen molar-refractivity contribution < 1.29 is 19.1 Å². The fourth-order valence-corrected chi connectivity index (χ4v) is 3.03. The molecule has 0 saturated carbocycles. The van der Waals surface area contributed by atoms with E-state index in [9.17, 15) is 14.4 Å². The Morgan fingerprint density at radius 2 is 2.39 bits per heavy atom. The zero-order valence-corrected chi connectivity index (χ0v) is 13.1. The number of thioether (sulfide) groups is 1. The fraction of sp³-hybridized carbons (Fsp3) is 0.308. The third-order valence-corrected chi connectivity index (χ3v) is 4.15. The molecule has 0 aromatic carbocycles. The standard InChI is InChI=1S/C13H15N5O4S/c1-3-4-18-12(21)7(5-8(19)22-2)23-13(18)17-11-9(10(14)20)15-6-16-11/h3,6-7H,1,4-5H2,2H3,(H2,14,20)(H,15,16)/t7-/m1/s1. The summed E-state index contributed by atoms with van der Waals surface area (Å²) in [6.45, 7) is 3.81. The molecule has 1 aliphatic rings. The van der Waals surface area contributed by atoms with Crippen LogP contribution in [0.5, 0.6) is 0 Å². The Bertz CT molecular complexity index is 684. The first-order valence-corrected chi connectivity index (χ1v) is 7.43. The van der Waals surface area contributed by atoms with Crippen molar-refractivity contribution in [3.63, 3.8) is 0 Å². The summed E-state index contributed by atoms with van der Waals surface area (Å²) in [5.41, 5.74) is 5.26. The summed E-state index contributed by atoms with van der Waals surface area (Å²) < 4.78 is 4.59. The van der Waals surface area contributed by atoms with E-state index in [0.717, 1.165) is 11.8 Å². The number of aromatic nitrogens is 2. The molecule has 1 fully saturated rings. The first-order valence-electron chi connectivity index (χ1n) is 6.55. The van der Waals surface area contributed by atoms with E-state index >= 15 is 0 Å². The number of nitrogens with two attached hydrogens (primary N) is 1. The number of rotatable bonds is 6. The lowest BCUT2D eigenvalue weighted by molar-refractivity contribution is -0.142. The minimum Gasteiger partial charge on any atom is -0.469 e. The van der Waals surface area contributed by atoms with Crippen molar-refractivity contribution in [2.24, 2.45) is 10.7 Å². The lowest BCUT2D eigenvalue weighted by atomic mass is 10.2. The number of aromatic amines is 1. The molecular formula is C13H15N5O4S. The number of carbonyl (C=O) groups excluding carboxylic acids is 3. The van der Waals surface area contributed by atoms with Gasteiger partial charge in [0.05, 0.1) is 19.9 Å². The van der Waals surface area contributed by atoms with Gasteiger partial charge in [-0.25, -0.2) is 9.98 Å². The lowest BCUT2D eigenvalue weighted by Gasteiger charge is -2.13. The van der Waals surface area contributed by atoms with Crippen LogP contribution in [-0.4, -0.2) is 56.7 Å². The Hall–Kier alpha value is -2.62. The second-order valence-electron chi connectivity index (χ2n) is 4.48. The Morgan fingerprint density at radius 1 is 1.65 bits per heavy atom. The van der Waals surface area contributed by atoms with E-state index in [1.807, 2.05) is 0 Å². The summed E-state index contributed by atoms with van der Waals surface area (Å²) in [5, 5.41) is -0.324. The van der Waals surface area contributed by atoms with Gasteiger partial charge in [-0.15, -0.1) is 6.58 Å². The van der Waals surface area contributed by atoms with Crippen molar-refractivity contribution in [2.75, 3.05) is 13.7 Å². The second-order valence-corrected chi connectivity index (χ2v) is 5.65. The van der Waals surface area contributed by atoms with Crippen molar-refractivity contribution in [2.45, 2.75) is 11.7 Å². The number of H-pyrrole nitrogens is 1. The van der Waals surface area contributed by atoms with Crippen molar-refractivity contribution in [3.8, 4) is 0 Å². The summed E-state index contributed by atoms with van der Waals surface area (Å²) in [6, 6.07) is 0. The SMILES string of the molecule is C=CCN1C(=O)[C@@H](CC(=O)OC)SC1=Nc1nc[nH]c1C(N)=O. The summed E-state index contributed by atoms with van der Waals surface area (Å²) in [7, 11) is 1.26. The summed E-state index contributed by atoms with van der Waals surface area (Å²) in [4.78, 5) is 47.1. The number of aliphatic imine (C=N–C) groups is 1. The molecule has 2 heterocycles. The van der Waals surface area contributed by atoms with Gasteiger partial charge in [0.25, 0.3) is 5.91 Å². The number of esters is 1. The van der Waals surface area contributed by atoms with Crippen LogP contribution in [0.2, 0.25) is 0 Å². The third kappa shape index (κ3) is 3.59. The van der Waals surface area contributed by atoms with E-state index < -0.39 is 17.1 Å². The molecule has 1 aromatic heterocycles. The maximum Gasteiger partial charge on any atom is 0.307 e. The first kappa shape index (κ1) is 16.7. The number of ether oxygens (including phenoxy) is 1. The number of hydrogen-bond donors (Lipinski definition) is 2. The number of methoxy groups -OCH3 is 1. The Labute approximate surface area is 136 Å². The Balaban J connectivity index is 2.31. The smallest absolute Gasteiger partial charge is 0.307 e. The van der Waals surface area contributed by atoms with Crippen LogP contribution in [-0.2, 0) is 14.3 Å². The molecule has 9 nitrogen and oxygen atoms in total. The van der Waals surface area contributed by atoms with Crippen LogP contribution < -0.4 is 5.73 Å². The molecule has 0 radical (unpaired) electrons. The number of imidazole rings is 1. The van der Waals surface area contributed by atoms with E-state index in [2.05, 4.69) is 26.3 Å². The molecule has 0 unspecified atom stereocenters. The molecule has 3 N–H and O–H groups in total. The molecule has 0 aliphatic carbocycles. The quantitative estimate of drug-likeness (QED) is 0.563. The van der Waals surface area contributed by atoms with Crippen molar-refractivity contribution in [3.05, 3.63) is 24.7 Å². The van der Waals surface area contributed by atoms with Gasteiger partial charge >= 0.3 is 5.97 Å². The number of amidine groups is 1. The summed E-state index contributed by atoms with van der Waals surface area (Å²) in [5.74, 6) is -1.40. The van der Waals surface area contributed by atoms with Gasteiger partial charge in [-0.2, -0.15) is 0 Å². The first-order chi connectivity index (χ1) is 11.0. The Kier molecular flexibility index (Phi) is 5.16. The number of nitrogens with one attached hydrogen (secondary N) is 1. The maximum atomic E-state index is 12.4. The van der Waals surface area contributed by atoms with Crippen molar-refractivity contribution >= 4 is 40.5 Å². The van der Waals surface area contributed by atoms with E-state index in [4.69, 9.17) is 5.73 Å². The predicted octanol–water partition coefficient (Wildman–Crippen LogP) is 0.189. The van der Waals surface area contributed by atoms with E-state index in [1.54, 1.807) is 0 Å². The number of primary amides is 1. The molecule has 1 aliphatic heterocycles. The number of amides is 2. The van der Waals surface area contributed by atoms with Crippen LogP contribution in [0.15, 0.2) is 24.0 Å². The number of carbonyl (C=O) groups is 3. The molecule has 2 rings (SSSR count). The predicted molar refractivity (Wildman–Crippen MR) is 84.1 cm³/mol. The molecule has 23 heavy (non-hydrogen) atoms. The molecule has 1 atom stereocenters. The molecular weight excluding hydrogens is 322 g/mol. The highest BCUT2D eigenvalue weighted by atomic mass is 32.2. The molecule has 0 spiro atoms. The van der Waals surface area contributed by atoms with Gasteiger partial charge in [0, 0.05) is 6.54 Å². The summed E-state index contributed by atoms with van der Waals surface area (Å²) >= 11 is 1.10. The zero-order chi connectivity index (χ0) is 17.0. The molecule has 0 bridgehead atoms. The van der Waals surface area contributed by atoms with Gasteiger partial charge < -0.3 is 15.5 Å². The minimum atomic E-state index is -0.711. The number of nitrogens with zero attached hydrogens (tertiary/aromatic N) is 3. The van der Waals surface area contributed by atoms with Gasteiger partial charge in [0.2, 0.25) is 5.91 Å². The van der Waals surface area contributed by atoms with Gasteiger partial charge in [0.1, 0.15) is 5.25 Å². The van der Waals surface area contributed by atoms with Crippen LogP contribution in [0.4, 0.5) is 5.82 Å². The van der Waals surface area contributed by atoms with Gasteiger partial charge in [-0.1, -0.05) is 17.8 Å². The van der Waals surface area contributed by atoms with Crippen LogP contribution in [0.1, 0.15) is 16.9 Å². The molecule has 122 valence electrons. The highest BCUT2D eigenvalue weighted by molar-refractivity contribution is 8.15. The maximum absolute atomic E-state index is 12.4. The fourth-order valence-electron chi connectivity index (χ4n) is 1.90. The monoisotopic (exact) mass is 337 g/mol. The highest BCUT2D eigenvalue weighted by Crippen LogP contribution is 2.31.